The van der Waals surface area contributed by atoms with Crippen LogP contribution in [0.4, 0.5) is 0 Å². The van der Waals surface area contributed by atoms with Crippen molar-refractivity contribution in [2.45, 2.75) is 211 Å². The Morgan fingerprint density at radius 1 is 0.702 bits per heavy atom. The van der Waals surface area contributed by atoms with E-state index in [1.54, 1.807) is 0 Å². The van der Waals surface area contributed by atoms with Crippen LogP contribution in [-0.2, 0) is 14.3 Å². The van der Waals surface area contributed by atoms with Crippen LogP contribution in [-0.4, -0.2) is 87.5 Å². The van der Waals surface area contributed by atoms with Gasteiger partial charge < -0.3 is 40.3 Å². The van der Waals surface area contributed by atoms with Gasteiger partial charge in [-0.05, 0) is 32.1 Å². The molecule has 0 aromatic carbocycles. The molecular weight excluding hydrogens is 598 g/mol. The van der Waals surface area contributed by atoms with Crippen molar-refractivity contribution >= 4 is 5.91 Å². The number of hydrogen-bond donors (Lipinski definition) is 6. The first kappa shape index (κ1) is 44.0. The Morgan fingerprint density at radius 2 is 1.21 bits per heavy atom. The molecule has 1 heterocycles. The van der Waals surface area contributed by atoms with Gasteiger partial charge in [0, 0.05) is 6.42 Å². The van der Waals surface area contributed by atoms with Crippen LogP contribution in [0, 0.1) is 0 Å². The molecule has 1 saturated heterocycles. The SMILES string of the molecule is CCCC/C=C\CCCCCCCC(=O)NC(COC1OC(CO)C(O)C(O)C1O)C(O)CCCCCCCCCCCCCCC. The topological polar surface area (TPSA) is 149 Å². The number of aliphatic hydroxyl groups is 5. The lowest BCUT2D eigenvalue weighted by Crippen LogP contribution is -2.60. The summed E-state index contributed by atoms with van der Waals surface area (Å²) in [6.07, 6.45) is 23.6. The van der Waals surface area contributed by atoms with Crippen molar-refractivity contribution in [1.29, 1.82) is 0 Å². The molecule has 278 valence electrons. The van der Waals surface area contributed by atoms with Gasteiger partial charge in [-0.3, -0.25) is 4.79 Å². The Labute approximate surface area is 286 Å². The second-order valence-electron chi connectivity index (χ2n) is 13.7. The molecule has 1 aliphatic rings. The molecule has 1 rings (SSSR count). The second kappa shape index (κ2) is 29.8. The molecule has 1 aliphatic heterocycles. The lowest BCUT2D eigenvalue weighted by Gasteiger charge is -2.40. The van der Waals surface area contributed by atoms with Crippen LogP contribution in [0.2, 0.25) is 0 Å². The van der Waals surface area contributed by atoms with Crippen molar-refractivity contribution < 1.29 is 39.8 Å². The number of hydrogen-bond acceptors (Lipinski definition) is 8. The fourth-order valence-electron chi connectivity index (χ4n) is 6.14. The summed E-state index contributed by atoms with van der Waals surface area (Å²) in [4.78, 5) is 12.8. The van der Waals surface area contributed by atoms with E-state index in [1.165, 1.54) is 77.0 Å². The summed E-state index contributed by atoms with van der Waals surface area (Å²) in [5.74, 6) is -0.157. The maximum atomic E-state index is 12.8. The van der Waals surface area contributed by atoms with Crippen LogP contribution in [0.25, 0.3) is 0 Å². The summed E-state index contributed by atoms with van der Waals surface area (Å²) in [5.41, 5.74) is 0. The monoisotopic (exact) mass is 672 g/mol. The third-order valence-electron chi connectivity index (χ3n) is 9.37. The largest absolute Gasteiger partial charge is 0.394 e. The first-order valence-electron chi connectivity index (χ1n) is 19.4. The van der Waals surface area contributed by atoms with Gasteiger partial charge in [-0.25, -0.2) is 0 Å². The standard InChI is InChI=1S/C38H73NO8/c1-3-5-7-9-11-13-15-16-18-19-21-23-25-27-32(41)31(30-46-38-37(45)36(44)35(43)33(29-40)47-38)39-34(42)28-26-24-22-20-17-14-12-10-8-6-4-2/h10,12,31-33,35-38,40-41,43-45H,3-9,11,13-30H2,1-2H3,(H,39,42)/b12-10-. The van der Waals surface area contributed by atoms with Gasteiger partial charge >= 0.3 is 0 Å². The van der Waals surface area contributed by atoms with Crippen molar-refractivity contribution in [3.05, 3.63) is 12.2 Å². The van der Waals surface area contributed by atoms with E-state index in [0.717, 1.165) is 64.2 Å². The molecule has 9 nitrogen and oxygen atoms in total. The molecular formula is C38H73NO8. The van der Waals surface area contributed by atoms with E-state index in [9.17, 15) is 30.3 Å². The number of amides is 1. The van der Waals surface area contributed by atoms with E-state index in [-0.39, 0.29) is 12.5 Å². The van der Waals surface area contributed by atoms with Crippen LogP contribution in [0.15, 0.2) is 12.2 Å². The number of ether oxygens (including phenoxy) is 2. The average molecular weight is 672 g/mol. The molecule has 7 atom stereocenters. The molecule has 0 aromatic rings. The molecule has 0 radical (unpaired) electrons. The normalized spacial score (nSPS) is 22.9. The highest BCUT2D eigenvalue weighted by Gasteiger charge is 2.44. The van der Waals surface area contributed by atoms with Gasteiger partial charge in [0.15, 0.2) is 6.29 Å². The Hall–Kier alpha value is -1.07. The fourth-order valence-corrected chi connectivity index (χ4v) is 6.14. The maximum Gasteiger partial charge on any atom is 0.220 e. The van der Waals surface area contributed by atoms with Crippen molar-refractivity contribution in [1.82, 2.24) is 5.32 Å². The van der Waals surface area contributed by atoms with Gasteiger partial charge in [-0.2, -0.15) is 0 Å². The van der Waals surface area contributed by atoms with Gasteiger partial charge in [0.05, 0.1) is 25.4 Å². The minimum Gasteiger partial charge on any atom is -0.394 e. The first-order chi connectivity index (χ1) is 22.8. The van der Waals surface area contributed by atoms with E-state index in [4.69, 9.17) is 9.47 Å². The smallest absolute Gasteiger partial charge is 0.220 e. The fraction of sp³-hybridized carbons (Fsp3) is 0.921. The predicted octanol–water partition coefficient (Wildman–Crippen LogP) is 6.61. The summed E-state index contributed by atoms with van der Waals surface area (Å²) in [6.45, 7) is 3.76. The molecule has 1 amide bonds. The maximum absolute atomic E-state index is 12.8. The summed E-state index contributed by atoms with van der Waals surface area (Å²) in [6, 6.07) is -0.716. The lowest BCUT2D eigenvalue weighted by atomic mass is 9.99. The Bertz CT molecular complexity index is 751. The predicted molar refractivity (Wildman–Crippen MR) is 189 cm³/mol. The quantitative estimate of drug-likeness (QED) is 0.0357. The molecule has 9 heteroatoms. The van der Waals surface area contributed by atoms with Gasteiger partial charge in [0.2, 0.25) is 5.91 Å². The molecule has 6 N–H and O–H groups in total. The number of unbranched alkanes of at least 4 members (excludes halogenated alkanes) is 19. The summed E-state index contributed by atoms with van der Waals surface area (Å²) in [7, 11) is 0. The van der Waals surface area contributed by atoms with E-state index in [2.05, 4.69) is 31.3 Å². The molecule has 47 heavy (non-hydrogen) atoms. The van der Waals surface area contributed by atoms with E-state index in [1.807, 2.05) is 0 Å². The third kappa shape index (κ3) is 21.6. The van der Waals surface area contributed by atoms with E-state index in [0.29, 0.717) is 12.8 Å². The lowest BCUT2D eigenvalue weighted by molar-refractivity contribution is -0.302. The number of allylic oxidation sites excluding steroid dienone is 2. The van der Waals surface area contributed by atoms with Crippen molar-refractivity contribution in [3.8, 4) is 0 Å². The number of aliphatic hydroxyl groups excluding tert-OH is 5. The van der Waals surface area contributed by atoms with E-state index < -0.39 is 49.5 Å². The number of rotatable bonds is 31. The van der Waals surface area contributed by atoms with Crippen molar-refractivity contribution in [2.24, 2.45) is 0 Å². The number of nitrogens with one attached hydrogen (secondary N) is 1. The zero-order valence-electron chi connectivity index (χ0n) is 30.0. The zero-order chi connectivity index (χ0) is 34.5. The highest BCUT2D eigenvalue weighted by Crippen LogP contribution is 2.23. The number of carbonyl (C=O) groups is 1. The summed E-state index contributed by atoms with van der Waals surface area (Å²) < 4.78 is 11.2. The molecule has 1 fully saturated rings. The molecule has 0 aliphatic carbocycles. The third-order valence-corrected chi connectivity index (χ3v) is 9.37. The first-order valence-corrected chi connectivity index (χ1v) is 19.4. The Balaban J connectivity index is 2.43. The van der Waals surface area contributed by atoms with Gasteiger partial charge in [0.25, 0.3) is 0 Å². The Morgan fingerprint density at radius 3 is 1.79 bits per heavy atom. The molecule has 0 aromatic heterocycles. The number of carbonyl (C=O) groups excluding carboxylic acids is 1. The summed E-state index contributed by atoms with van der Waals surface area (Å²) in [5, 5.41) is 54.0. The minimum atomic E-state index is -1.55. The molecule has 0 spiro atoms. The van der Waals surface area contributed by atoms with Crippen LogP contribution in [0.1, 0.15) is 168 Å². The Kier molecular flexibility index (Phi) is 27.9. The molecule has 7 unspecified atom stereocenters. The minimum absolute atomic E-state index is 0.139. The van der Waals surface area contributed by atoms with Crippen LogP contribution < -0.4 is 5.32 Å². The van der Waals surface area contributed by atoms with Crippen LogP contribution >= 0.6 is 0 Å². The van der Waals surface area contributed by atoms with Crippen molar-refractivity contribution in [2.75, 3.05) is 13.2 Å². The zero-order valence-corrected chi connectivity index (χ0v) is 30.0. The van der Waals surface area contributed by atoms with Gasteiger partial charge in [0.1, 0.15) is 24.4 Å². The highest BCUT2D eigenvalue weighted by atomic mass is 16.7. The average Bonchev–Trinajstić information content (AvgIpc) is 3.07. The van der Waals surface area contributed by atoms with Crippen LogP contribution in [0.5, 0.6) is 0 Å². The highest BCUT2D eigenvalue weighted by molar-refractivity contribution is 5.76. The van der Waals surface area contributed by atoms with Gasteiger partial charge in [-0.1, -0.05) is 142 Å². The molecule has 0 bridgehead atoms. The van der Waals surface area contributed by atoms with Gasteiger partial charge in [-0.15, -0.1) is 0 Å². The second-order valence-corrected chi connectivity index (χ2v) is 13.7. The molecule has 0 saturated carbocycles. The van der Waals surface area contributed by atoms with Crippen LogP contribution in [0.3, 0.4) is 0 Å². The van der Waals surface area contributed by atoms with Crippen molar-refractivity contribution in [3.63, 3.8) is 0 Å². The summed E-state index contributed by atoms with van der Waals surface area (Å²) >= 11 is 0. The van der Waals surface area contributed by atoms with E-state index >= 15 is 0 Å².